The predicted molar refractivity (Wildman–Crippen MR) is 65.5 cm³/mol. The number of nitrogens with zero attached hydrogens (tertiary/aromatic N) is 4. The molecule has 2 rings (SSSR count). The maximum atomic E-state index is 8.81. The molecule has 92 valence electrons. The van der Waals surface area contributed by atoms with Gasteiger partial charge in [0.05, 0.1) is 18.2 Å². The second-order valence-corrected chi connectivity index (χ2v) is 4.81. The average Bonchev–Trinajstić information content (AvgIpc) is 2.62. The van der Waals surface area contributed by atoms with Crippen LogP contribution in [0.2, 0.25) is 0 Å². The van der Waals surface area contributed by atoms with Gasteiger partial charge in [-0.3, -0.25) is 0 Å². The van der Waals surface area contributed by atoms with Gasteiger partial charge in [0, 0.05) is 12.5 Å². The van der Waals surface area contributed by atoms with Crippen LogP contribution in [0.25, 0.3) is 0 Å². The Kier molecular flexibility index (Phi) is 4.13. The third kappa shape index (κ3) is 2.66. The van der Waals surface area contributed by atoms with E-state index in [1.54, 1.807) is 0 Å². The first-order valence-electron chi connectivity index (χ1n) is 6.66. The summed E-state index contributed by atoms with van der Waals surface area (Å²) in [7, 11) is 0. The van der Waals surface area contributed by atoms with Gasteiger partial charge in [0.2, 0.25) is 0 Å². The summed E-state index contributed by atoms with van der Waals surface area (Å²) in [5, 5.41) is 17.2. The third-order valence-corrected chi connectivity index (χ3v) is 3.56. The fraction of sp³-hybridized carbons (Fsp3) is 0.769. The van der Waals surface area contributed by atoms with E-state index >= 15 is 0 Å². The lowest BCUT2D eigenvalue weighted by atomic mass is 9.81. The highest BCUT2D eigenvalue weighted by Gasteiger charge is 2.27. The molecule has 1 aliphatic rings. The molecule has 0 bridgehead atoms. The summed E-state index contributed by atoms with van der Waals surface area (Å²) in [5.74, 6) is 0.606. The summed E-state index contributed by atoms with van der Waals surface area (Å²) < 4.78 is 2.05. The van der Waals surface area contributed by atoms with Crippen LogP contribution in [-0.2, 0) is 13.0 Å². The molecule has 1 heterocycles. The summed E-state index contributed by atoms with van der Waals surface area (Å²) in [6.45, 7) is 3.16. The van der Waals surface area contributed by atoms with Gasteiger partial charge in [-0.15, -0.1) is 5.10 Å². The lowest BCUT2D eigenvalue weighted by molar-refractivity contribution is 0.381. The van der Waals surface area contributed by atoms with E-state index in [0.29, 0.717) is 12.3 Å². The molecule has 1 aromatic heterocycles. The monoisotopic (exact) mass is 232 g/mol. The van der Waals surface area contributed by atoms with Crippen molar-refractivity contribution >= 4 is 0 Å². The van der Waals surface area contributed by atoms with Crippen molar-refractivity contribution in [2.24, 2.45) is 0 Å². The molecule has 1 fully saturated rings. The Bertz CT molecular complexity index is 398. The highest BCUT2D eigenvalue weighted by molar-refractivity contribution is 5.20. The number of aromatic nitrogens is 3. The van der Waals surface area contributed by atoms with Gasteiger partial charge in [-0.05, 0) is 19.3 Å². The first-order chi connectivity index (χ1) is 8.36. The van der Waals surface area contributed by atoms with E-state index in [9.17, 15) is 0 Å². The van der Waals surface area contributed by atoms with Gasteiger partial charge in [0.1, 0.15) is 5.69 Å². The predicted octanol–water partition coefficient (Wildman–Crippen LogP) is 2.80. The molecule has 0 aliphatic heterocycles. The van der Waals surface area contributed by atoms with Crippen LogP contribution in [0.1, 0.15) is 62.8 Å². The molecule has 1 aromatic rings. The first-order valence-corrected chi connectivity index (χ1v) is 6.66. The summed E-state index contributed by atoms with van der Waals surface area (Å²) in [5.41, 5.74) is 2.16. The van der Waals surface area contributed by atoms with Crippen LogP contribution in [0, 0.1) is 11.3 Å². The number of nitriles is 1. The molecule has 0 atom stereocenters. The van der Waals surface area contributed by atoms with Crippen LogP contribution in [0.4, 0.5) is 0 Å². The Morgan fingerprint density at radius 2 is 2.24 bits per heavy atom. The highest BCUT2D eigenvalue weighted by Crippen LogP contribution is 2.37. The van der Waals surface area contributed by atoms with E-state index in [2.05, 4.69) is 23.3 Å². The van der Waals surface area contributed by atoms with Crippen LogP contribution in [0.3, 0.4) is 0 Å². The van der Waals surface area contributed by atoms with Gasteiger partial charge in [-0.25, -0.2) is 4.68 Å². The van der Waals surface area contributed by atoms with Crippen LogP contribution < -0.4 is 0 Å². The van der Waals surface area contributed by atoms with Crippen molar-refractivity contribution in [3.05, 3.63) is 11.4 Å². The lowest BCUT2D eigenvalue weighted by Crippen LogP contribution is -2.17. The molecular weight excluding hydrogens is 212 g/mol. The van der Waals surface area contributed by atoms with Gasteiger partial charge in [0.25, 0.3) is 0 Å². The number of hydrogen-bond acceptors (Lipinski definition) is 3. The molecule has 0 aromatic carbocycles. The van der Waals surface area contributed by atoms with Crippen LogP contribution in [0.15, 0.2) is 0 Å². The molecule has 0 spiro atoms. The number of aryl methyl sites for hydroxylation is 1. The van der Waals surface area contributed by atoms with Crippen molar-refractivity contribution in [1.29, 1.82) is 5.26 Å². The van der Waals surface area contributed by atoms with E-state index in [1.807, 2.05) is 4.68 Å². The first kappa shape index (κ1) is 12.1. The quantitative estimate of drug-likeness (QED) is 0.709. The topological polar surface area (TPSA) is 54.5 Å². The SMILES string of the molecule is CCCCCn1nnc(CC#N)c1C1CCC1. The zero-order valence-corrected chi connectivity index (χ0v) is 10.5. The molecular formula is C13H20N4. The van der Waals surface area contributed by atoms with Crippen molar-refractivity contribution in [2.45, 2.75) is 64.3 Å². The smallest absolute Gasteiger partial charge is 0.100 e. The molecule has 4 heteroatoms. The lowest BCUT2D eigenvalue weighted by Gasteiger charge is -2.26. The fourth-order valence-corrected chi connectivity index (χ4v) is 2.36. The van der Waals surface area contributed by atoms with Gasteiger partial charge >= 0.3 is 0 Å². The van der Waals surface area contributed by atoms with Crippen molar-refractivity contribution < 1.29 is 0 Å². The molecule has 0 unspecified atom stereocenters. The van der Waals surface area contributed by atoms with Crippen LogP contribution in [0.5, 0.6) is 0 Å². The van der Waals surface area contributed by atoms with E-state index in [4.69, 9.17) is 5.26 Å². The van der Waals surface area contributed by atoms with E-state index < -0.39 is 0 Å². The van der Waals surface area contributed by atoms with Crippen molar-refractivity contribution in [3.8, 4) is 6.07 Å². The maximum Gasteiger partial charge on any atom is 0.100 e. The second-order valence-electron chi connectivity index (χ2n) is 4.81. The summed E-state index contributed by atoms with van der Waals surface area (Å²) >= 11 is 0. The normalized spacial score (nSPS) is 15.5. The van der Waals surface area contributed by atoms with Gasteiger partial charge < -0.3 is 0 Å². The summed E-state index contributed by atoms with van der Waals surface area (Å²) in [6.07, 6.45) is 7.79. The molecule has 17 heavy (non-hydrogen) atoms. The van der Waals surface area contributed by atoms with Crippen LogP contribution >= 0.6 is 0 Å². The minimum absolute atomic E-state index is 0.402. The molecule has 0 N–H and O–H groups in total. The number of hydrogen-bond donors (Lipinski definition) is 0. The Hall–Kier alpha value is -1.37. The summed E-state index contributed by atoms with van der Waals surface area (Å²) in [4.78, 5) is 0. The average molecular weight is 232 g/mol. The summed E-state index contributed by atoms with van der Waals surface area (Å²) in [6, 6.07) is 2.19. The van der Waals surface area contributed by atoms with Gasteiger partial charge in [-0.2, -0.15) is 5.26 Å². The molecule has 0 radical (unpaired) electrons. The van der Waals surface area contributed by atoms with Crippen molar-refractivity contribution in [1.82, 2.24) is 15.0 Å². The minimum atomic E-state index is 0.402. The van der Waals surface area contributed by atoms with Gasteiger partial charge in [0.15, 0.2) is 0 Å². The van der Waals surface area contributed by atoms with Crippen LogP contribution in [-0.4, -0.2) is 15.0 Å². The van der Waals surface area contributed by atoms with E-state index in [0.717, 1.165) is 18.7 Å². The Morgan fingerprint density at radius 1 is 1.41 bits per heavy atom. The maximum absolute atomic E-state index is 8.81. The molecule has 1 aliphatic carbocycles. The second kappa shape index (κ2) is 5.81. The van der Waals surface area contributed by atoms with E-state index in [1.165, 1.54) is 37.8 Å². The molecule has 0 amide bonds. The highest BCUT2D eigenvalue weighted by atomic mass is 15.4. The zero-order chi connectivity index (χ0) is 12.1. The standard InChI is InChI=1S/C13H20N4/c1-2-3-4-10-17-13(11-6-5-7-11)12(8-9-14)15-16-17/h11H,2-8,10H2,1H3. The third-order valence-electron chi connectivity index (χ3n) is 3.56. The Morgan fingerprint density at radius 3 is 2.82 bits per heavy atom. The fourth-order valence-electron chi connectivity index (χ4n) is 2.36. The molecule has 1 saturated carbocycles. The number of unbranched alkanes of at least 4 members (excludes halogenated alkanes) is 2. The van der Waals surface area contributed by atoms with E-state index in [-0.39, 0.29) is 0 Å². The largest absolute Gasteiger partial charge is 0.249 e. The minimum Gasteiger partial charge on any atom is -0.249 e. The zero-order valence-electron chi connectivity index (χ0n) is 10.5. The van der Waals surface area contributed by atoms with Crippen molar-refractivity contribution in [3.63, 3.8) is 0 Å². The Labute approximate surface area is 103 Å². The van der Waals surface area contributed by atoms with Gasteiger partial charge in [-0.1, -0.05) is 31.4 Å². The number of rotatable bonds is 6. The Balaban J connectivity index is 2.10. The molecule has 4 nitrogen and oxygen atoms in total. The van der Waals surface area contributed by atoms with Crippen molar-refractivity contribution in [2.75, 3.05) is 0 Å². The molecule has 0 saturated heterocycles.